The molecule has 2 heterocycles. The van der Waals surface area contributed by atoms with Crippen molar-refractivity contribution >= 4 is 11.7 Å². The van der Waals surface area contributed by atoms with Crippen LogP contribution in [0.2, 0.25) is 0 Å². The molecule has 1 amide bonds. The molecule has 0 aliphatic carbocycles. The minimum absolute atomic E-state index is 0.00183. The Bertz CT molecular complexity index is 761. The van der Waals surface area contributed by atoms with Crippen LogP contribution in [0.3, 0.4) is 0 Å². The van der Waals surface area contributed by atoms with E-state index in [0.29, 0.717) is 23.9 Å². The van der Waals surface area contributed by atoms with Crippen molar-refractivity contribution in [1.29, 1.82) is 0 Å². The smallest absolute Gasteiger partial charge is 0.228 e. The molecular weight excluding hydrogens is 318 g/mol. The van der Waals surface area contributed by atoms with Crippen LogP contribution < -0.4 is 5.32 Å². The van der Waals surface area contributed by atoms with Crippen molar-refractivity contribution in [2.75, 3.05) is 18.4 Å². The number of carbonyl (C=O) groups excluding carboxylic acids is 1. The first kappa shape index (κ1) is 17.5. The van der Waals surface area contributed by atoms with Gasteiger partial charge in [0.05, 0.1) is 0 Å². The lowest BCUT2D eigenvalue weighted by Gasteiger charge is -2.31. The number of rotatable bonds is 4. The van der Waals surface area contributed by atoms with Crippen LogP contribution in [0.1, 0.15) is 35.3 Å². The number of nitrogens with one attached hydrogen (secondary N) is 1. The minimum atomic E-state index is -0.0124. The molecule has 1 aromatic carbocycles. The molecule has 0 bridgehead atoms. The molecule has 0 unspecified atom stereocenters. The molecule has 0 radical (unpaired) electrons. The van der Waals surface area contributed by atoms with E-state index in [-0.39, 0.29) is 11.8 Å². The molecule has 1 aliphatic heterocycles. The lowest BCUT2D eigenvalue weighted by Crippen LogP contribution is -2.37. The largest absolute Gasteiger partial charge is 0.508 e. The lowest BCUT2D eigenvalue weighted by molar-refractivity contribution is -0.121. The number of carbonyl (C=O) groups is 1. The van der Waals surface area contributed by atoms with Gasteiger partial charge in [-0.1, -0.05) is 11.2 Å². The zero-order chi connectivity index (χ0) is 18.0. The number of aromatic nitrogens is 1. The third kappa shape index (κ3) is 4.20. The average Bonchev–Trinajstić information content (AvgIpc) is 2.98. The van der Waals surface area contributed by atoms with Crippen LogP contribution in [0.4, 0.5) is 5.82 Å². The third-order valence-electron chi connectivity index (χ3n) is 4.93. The molecule has 0 atom stereocenters. The van der Waals surface area contributed by atoms with Gasteiger partial charge in [-0.25, -0.2) is 0 Å². The van der Waals surface area contributed by atoms with Crippen molar-refractivity contribution < 1.29 is 14.4 Å². The zero-order valence-corrected chi connectivity index (χ0v) is 15.0. The molecule has 6 heteroatoms. The summed E-state index contributed by atoms with van der Waals surface area (Å²) in [5, 5.41) is 16.8. The number of hydrogen-bond donors (Lipinski definition) is 2. The van der Waals surface area contributed by atoms with E-state index in [1.807, 2.05) is 13.0 Å². The number of nitrogens with zero attached hydrogens (tertiary/aromatic N) is 2. The summed E-state index contributed by atoms with van der Waals surface area (Å²) in [7, 11) is 0. The van der Waals surface area contributed by atoms with Crippen LogP contribution in [0.15, 0.2) is 22.7 Å². The highest BCUT2D eigenvalue weighted by molar-refractivity contribution is 5.91. The Kier molecular flexibility index (Phi) is 5.08. The Morgan fingerprint density at radius 3 is 2.56 bits per heavy atom. The molecule has 0 spiro atoms. The van der Waals surface area contributed by atoms with E-state index in [2.05, 4.69) is 28.4 Å². The number of likely N-dealkylation sites (tertiary alicyclic amines) is 1. The number of amides is 1. The summed E-state index contributed by atoms with van der Waals surface area (Å²) < 4.78 is 4.97. The molecule has 1 aromatic heterocycles. The second-order valence-corrected chi connectivity index (χ2v) is 6.93. The number of phenols is 1. The van der Waals surface area contributed by atoms with Gasteiger partial charge in [0.2, 0.25) is 5.91 Å². The summed E-state index contributed by atoms with van der Waals surface area (Å²) in [4.78, 5) is 14.6. The summed E-state index contributed by atoms with van der Waals surface area (Å²) in [5.74, 6) is 1.50. The second kappa shape index (κ2) is 7.27. The number of piperidine rings is 1. The van der Waals surface area contributed by atoms with Gasteiger partial charge < -0.3 is 14.9 Å². The number of aromatic hydroxyl groups is 1. The number of benzene rings is 1. The third-order valence-corrected chi connectivity index (χ3v) is 4.93. The van der Waals surface area contributed by atoms with E-state index in [0.717, 1.165) is 37.1 Å². The SMILES string of the molecule is Cc1cc(NC(=O)C2CCN(Cc3cc(C)c(C)cc3O)CC2)no1. The van der Waals surface area contributed by atoms with Crippen LogP contribution in [-0.2, 0) is 11.3 Å². The summed E-state index contributed by atoms with van der Waals surface area (Å²) in [6, 6.07) is 5.59. The fourth-order valence-corrected chi connectivity index (χ4v) is 3.24. The van der Waals surface area contributed by atoms with Crippen molar-refractivity contribution in [2.24, 2.45) is 5.92 Å². The monoisotopic (exact) mass is 343 g/mol. The molecule has 2 N–H and O–H groups in total. The van der Waals surface area contributed by atoms with E-state index in [4.69, 9.17) is 4.52 Å². The van der Waals surface area contributed by atoms with Crippen molar-refractivity contribution in [2.45, 2.75) is 40.2 Å². The van der Waals surface area contributed by atoms with E-state index >= 15 is 0 Å². The van der Waals surface area contributed by atoms with Gasteiger partial charge in [-0.05, 0) is 63.9 Å². The normalized spacial score (nSPS) is 16.1. The quantitative estimate of drug-likeness (QED) is 0.891. The van der Waals surface area contributed by atoms with Crippen molar-refractivity contribution in [3.05, 3.63) is 40.6 Å². The first-order chi connectivity index (χ1) is 11.9. The van der Waals surface area contributed by atoms with Gasteiger partial charge in [-0.3, -0.25) is 9.69 Å². The first-order valence-corrected chi connectivity index (χ1v) is 8.68. The van der Waals surface area contributed by atoms with E-state index in [1.165, 1.54) is 5.56 Å². The molecule has 1 saturated heterocycles. The topological polar surface area (TPSA) is 78.6 Å². The summed E-state index contributed by atoms with van der Waals surface area (Å²) >= 11 is 0. The van der Waals surface area contributed by atoms with E-state index < -0.39 is 0 Å². The predicted molar refractivity (Wildman–Crippen MR) is 95.5 cm³/mol. The summed E-state index contributed by atoms with van der Waals surface area (Å²) in [5.41, 5.74) is 3.23. The molecule has 6 nitrogen and oxygen atoms in total. The Morgan fingerprint density at radius 1 is 1.24 bits per heavy atom. The molecule has 25 heavy (non-hydrogen) atoms. The molecule has 2 aromatic rings. The summed E-state index contributed by atoms with van der Waals surface area (Å²) in [6.45, 7) is 8.23. The van der Waals surface area contributed by atoms with Crippen molar-refractivity contribution in [3.63, 3.8) is 0 Å². The Labute approximate surface area is 147 Å². The molecule has 0 saturated carbocycles. The van der Waals surface area contributed by atoms with Crippen LogP contribution in [-0.4, -0.2) is 34.2 Å². The number of phenolic OH excluding ortho intramolecular Hbond substituents is 1. The van der Waals surface area contributed by atoms with Crippen molar-refractivity contribution in [1.82, 2.24) is 10.1 Å². The lowest BCUT2D eigenvalue weighted by atomic mass is 9.95. The Balaban J connectivity index is 1.53. The fraction of sp³-hybridized carbons (Fsp3) is 0.474. The van der Waals surface area contributed by atoms with Gasteiger partial charge in [0, 0.05) is 24.1 Å². The molecule has 1 fully saturated rings. The van der Waals surface area contributed by atoms with E-state index in [1.54, 1.807) is 13.0 Å². The summed E-state index contributed by atoms with van der Waals surface area (Å²) in [6.07, 6.45) is 1.60. The first-order valence-electron chi connectivity index (χ1n) is 8.68. The standard InChI is InChI=1S/C19H25N3O3/c1-12-8-16(17(23)9-13(12)2)11-22-6-4-15(5-7-22)19(24)20-18-10-14(3)25-21-18/h8-10,15,23H,4-7,11H2,1-3H3,(H,20,21,24). The highest BCUT2D eigenvalue weighted by Crippen LogP contribution is 2.26. The highest BCUT2D eigenvalue weighted by Gasteiger charge is 2.26. The van der Waals surface area contributed by atoms with Crippen LogP contribution >= 0.6 is 0 Å². The molecule has 134 valence electrons. The number of anilines is 1. The van der Waals surface area contributed by atoms with Crippen LogP contribution in [0.5, 0.6) is 5.75 Å². The van der Waals surface area contributed by atoms with Gasteiger partial charge >= 0.3 is 0 Å². The van der Waals surface area contributed by atoms with Crippen LogP contribution in [0, 0.1) is 26.7 Å². The second-order valence-electron chi connectivity index (χ2n) is 6.93. The van der Waals surface area contributed by atoms with Gasteiger partial charge in [0.1, 0.15) is 11.5 Å². The fourth-order valence-electron chi connectivity index (χ4n) is 3.24. The predicted octanol–water partition coefficient (Wildman–Crippen LogP) is 3.16. The Morgan fingerprint density at radius 2 is 1.92 bits per heavy atom. The zero-order valence-electron chi connectivity index (χ0n) is 15.0. The number of hydrogen-bond acceptors (Lipinski definition) is 5. The maximum Gasteiger partial charge on any atom is 0.228 e. The maximum absolute atomic E-state index is 12.3. The molecular formula is C19H25N3O3. The maximum atomic E-state index is 12.3. The van der Waals surface area contributed by atoms with Crippen LogP contribution in [0.25, 0.3) is 0 Å². The molecule has 1 aliphatic rings. The average molecular weight is 343 g/mol. The van der Waals surface area contributed by atoms with Gasteiger partial charge in [0.25, 0.3) is 0 Å². The highest BCUT2D eigenvalue weighted by atomic mass is 16.5. The van der Waals surface area contributed by atoms with Crippen molar-refractivity contribution in [3.8, 4) is 5.75 Å². The van der Waals surface area contributed by atoms with Gasteiger partial charge in [-0.2, -0.15) is 0 Å². The number of aryl methyl sites for hydroxylation is 3. The minimum Gasteiger partial charge on any atom is -0.508 e. The molecule has 3 rings (SSSR count). The van der Waals surface area contributed by atoms with Gasteiger partial charge in [-0.15, -0.1) is 0 Å². The van der Waals surface area contributed by atoms with Gasteiger partial charge in [0.15, 0.2) is 5.82 Å². The Hall–Kier alpha value is -2.34. The van der Waals surface area contributed by atoms with E-state index in [9.17, 15) is 9.90 Å².